The molecule has 0 atom stereocenters. The number of quaternary nitrogens is 1. The van der Waals surface area contributed by atoms with Crippen LogP contribution < -0.4 is 4.90 Å². The van der Waals surface area contributed by atoms with Gasteiger partial charge in [-0.15, -0.1) is 0 Å². The number of carbonyl (C=O) groups excluding carboxylic acids is 1. The molecule has 0 radical (unpaired) electrons. The van der Waals surface area contributed by atoms with E-state index in [1.54, 1.807) is 0 Å². The van der Waals surface area contributed by atoms with E-state index in [1.807, 2.05) is 0 Å². The summed E-state index contributed by atoms with van der Waals surface area (Å²) >= 11 is 0. The first-order valence-electron chi connectivity index (χ1n) is 5.95. The highest BCUT2D eigenvalue weighted by atomic mass is 16.5. The molecule has 15 heavy (non-hydrogen) atoms. The van der Waals surface area contributed by atoms with Crippen molar-refractivity contribution in [2.45, 2.75) is 31.8 Å². The first-order valence-corrected chi connectivity index (χ1v) is 5.95. The number of morpholine rings is 1. The lowest BCUT2D eigenvalue weighted by atomic mass is 10.3. The second-order valence-corrected chi connectivity index (χ2v) is 4.44. The zero-order chi connectivity index (χ0) is 10.5. The highest BCUT2D eigenvalue weighted by Crippen LogP contribution is 2.20. The van der Waals surface area contributed by atoms with Gasteiger partial charge in [0.05, 0.1) is 13.2 Å². The maximum atomic E-state index is 11.6. The van der Waals surface area contributed by atoms with Crippen molar-refractivity contribution in [3.63, 3.8) is 0 Å². The Balaban J connectivity index is 1.66. The predicted molar refractivity (Wildman–Crippen MR) is 54.7 cm³/mol. The molecule has 0 aromatic rings. The van der Waals surface area contributed by atoms with Crippen LogP contribution in [-0.4, -0.2) is 44.9 Å². The molecule has 2 aliphatic rings. The fourth-order valence-electron chi connectivity index (χ4n) is 2.27. The summed E-state index contributed by atoms with van der Waals surface area (Å²) in [5.74, 6) is -0.0289. The van der Waals surface area contributed by atoms with Gasteiger partial charge >= 0.3 is 5.97 Å². The van der Waals surface area contributed by atoms with Crippen LogP contribution in [0, 0.1) is 0 Å². The Labute approximate surface area is 90.5 Å². The summed E-state index contributed by atoms with van der Waals surface area (Å²) in [6.07, 6.45) is 4.75. The van der Waals surface area contributed by atoms with E-state index in [2.05, 4.69) is 0 Å². The summed E-state index contributed by atoms with van der Waals surface area (Å²) in [6, 6.07) is 0. The highest BCUT2D eigenvalue weighted by Gasteiger charge is 2.23. The molecule has 0 spiro atoms. The summed E-state index contributed by atoms with van der Waals surface area (Å²) in [4.78, 5) is 12.9. The van der Waals surface area contributed by atoms with E-state index in [9.17, 15) is 4.79 Å². The van der Waals surface area contributed by atoms with E-state index >= 15 is 0 Å². The molecule has 1 N–H and O–H groups in total. The highest BCUT2D eigenvalue weighted by molar-refractivity contribution is 5.70. The van der Waals surface area contributed by atoms with Crippen molar-refractivity contribution in [1.29, 1.82) is 0 Å². The van der Waals surface area contributed by atoms with Crippen LogP contribution in [0.3, 0.4) is 0 Å². The van der Waals surface area contributed by atoms with Crippen LogP contribution >= 0.6 is 0 Å². The molecule has 0 unspecified atom stereocenters. The molecule has 1 heterocycles. The SMILES string of the molecule is O=C(C[NH+]1CCOCC1)OC1CCCC1. The Morgan fingerprint density at radius 3 is 2.60 bits per heavy atom. The molecular formula is C11H20NO3+. The zero-order valence-electron chi connectivity index (χ0n) is 9.17. The molecule has 0 bridgehead atoms. The molecule has 0 aromatic carbocycles. The molecule has 2 fully saturated rings. The molecule has 1 aliphatic heterocycles. The van der Waals surface area contributed by atoms with E-state index in [0.717, 1.165) is 39.1 Å². The second kappa shape index (κ2) is 5.47. The summed E-state index contributed by atoms with van der Waals surface area (Å²) in [7, 11) is 0. The van der Waals surface area contributed by atoms with Gasteiger partial charge in [0.15, 0.2) is 6.54 Å². The van der Waals surface area contributed by atoms with Crippen LogP contribution in [0.15, 0.2) is 0 Å². The summed E-state index contributed by atoms with van der Waals surface area (Å²) in [5.41, 5.74) is 0. The number of nitrogens with one attached hydrogen (secondary N) is 1. The van der Waals surface area contributed by atoms with Crippen molar-refractivity contribution in [3.05, 3.63) is 0 Å². The molecular weight excluding hydrogens is 194 g/mol. The van der Waals surface area contributed by atoms with Gasteiger partial charge in [-0.25, -0.2) is 4.79 Å². The van der Waals surface area contributed by atoms with Crippen LogP contribution in [0.2, 0.25) is 0 Å². The van der Waals surface area contributed by atoms with Gasteiger partial charge in [-0.3, -0.25) is 0 Å². The van der Waals surface area contributed by atoms with Gasteiger partial charge < -0.3 is 14.4 Å². The van der Waals surface area contributed by atoms with Gasteiger partial charge in [0.25, 0.3) is 0 Å². The third-order valence-corrected chi connectivity index (χ3v) is 3.19. The second-order valence-electron chi connectivity index (χ2n) is 4.44. The Morgan fingerprint density at radius 1 is 1.27 bits per heavy atom. The number of rotatable bonds is 3. The minimum Gasteiger partial charge on any atom is -0.458 e. The van der Waals surface area contributed by atoms with E-state index in [0.29, 0.717) is 6.54 Å². The molecule has 1 aliphatic carbocycles. The van der Waals surface area contributed by atoms with E-state index in [-0.39, 0.29) is 12.1 Å². The Bertz CT molecular complexity index is 208. The molecule has 1 saturated carbocycles. The quantitative estimate of drug-likeness (QED) is 0.637. The van der Waals surface area contributed by atoms with Crippen molar-refractivity contribution in [2.75, 3.05) is 32.8 Å². The van der Waals surface area contributed by atoms with Gasteiger partial charge in [0, 0.05) is 0 Å². The first kappa shape index (κ1) is 10.9. The van der Waals surface area contributed by atoms with Crippen LogP contribution in [0.5, 0.6) is 0 Å². The minimum atomic E-state index is -0.0289. The fourth-order valence-corrected chi connectivity index (χ4v) is 2.27. The largest absolute Gasteiger partial charge is 0.458 e. The standard InChI is InChI=1S/C11H19NO3/c13-11(15-10-3-1-2-4-10)9-12-5-7-14-8-6-12/h10H,1-9H2/p+1. The molecule has 1 saturated heterocycles. The van der Waals surface area contributed by atoms with Gasteiger partial charge in [-0.1, -0.05) is 0 Å². The summed E-state index contributed by atoms with van der Waals surface area (Å²) < 4.78 is 10.7. The average Bonchev–Trinajstić information content (AvgIpc) is 2.71. The lowest BCUT2D eigenvalue weighted by molar-refractivity contribution is -0.900. The third-order valence-electron chi connectivity index (χ3n) is 3.19. The summed E-state index contributed by atoms with van der Waals surface area (Å²) in [6.45, 7) is 3.91. The number of hydrogen-bond donors (Lipinski definition) is 1. The lowest BCUT2D eigenvalue weighted by Gasteiger charge is -2.23. The van der Waals surface area contributed by atoms with Crippen LogP contribution in [-0.2, 0) is 14.3 Å². The number of ether oxygens (including phenoxy) is 2. The monoisotopic (exact) mass is 214 g/mol. The topological polar surface area (TPSA) is 40.0 Å². The lowest BCUT2D eigenvalue weighted by Crippen LogP contribution is -3.15. The molecule has 4 heteroatoms. The predicted octanol–water partition coefficient (Wildman–Crippen LogP) is -0.613. The first-order chi connectivity index (χ1) is 7.34. The van der Waals surface area contributed by atoms with E-state index < -0.39 is 0 Å². The van der Waals surface area contributed by atoms with Gasteiger partial charge in [0.2, 0.25) is 0 Å². The molecule has 0 aromatic heterocycles. The Morgan fingerprint density at radius 2 is 1.93 bits per heavy atom. The van der Waals surface area contributed by atoms with Gasteiger partial charge in [-0.2, -0.15) is 0 Å². The fraction of sp³-hybridized carbons (Fsp3) is 0.909. The average molecular weight is 214 g/mol. The summed E-state index contributed by atoms with van der Waals surface area (Å²) in [5, 5.41) is 0. The zero-order valence-corrected chi connectivity index (χ0v) is 9.17. The third kappa shape index (κ3) is 3.47. The smallest absolute Gasteiger partial charge is 0.361 e. The van der Waals surface area contributed by atoms with Crippen molar-refractivity contribution >= 4 is 5.97 Å². The molecule has 4 nitrogen and oxygen atoms in total. The van der Waals surface area contributed by atoms with E-state index in [4.69, 9.17) is 9.47 Å². The van der Waals surface area contributed by atoms with Crippen LogP contribution in [0.25, 0.3) is 0 Å². The van der Waals surface area contributed by atoms with Crippen molar-refractivity contribution in [1.82, 2.24) is 0 Å². The van der Waals surface area contributed by atoms with Crippen molar-refractivity contribution in [2.24, 2.45) is 0 Å². The molecule has 86 valence electrons. The number of carbonyl (C=O) groups is 1. The van der Waals surface area contributed by atoms with Crippen molar-refractivity contribution < 1.29 is 19.2 Å². The molecule has 0 amide bonds. The minimum absolute atomic E-state index is 0.0289. The van der Waals surface area contributed by atoms with Gasteiger partial charge in [-0.05, 0) is 25.7 Å². The Kier molecular flexibility index (Phi) is 3.97. The van der Waals surface area contributed by atoms with Gasteiger partial charge in [0.1, 0.15) is 19.2 Å². The van der Waals surface area contributed by atoms with E-state index in [1.165, 1.54) is 17.7 Å². The molecule has 2 rings (SSSR count). The Hall–Kier alpha value is -0.610. The maximum absolute atomic E-state index is 11.6. The van der Waals surface area contributed by atoms with Crippen LogP contribution in [0.1, 0.15) is 25.7 Å². The normalized spacial score (nSPS) is 24.3. The maximum Gasteiger partial charge on any atom is 0.361 e. The number of hydrogen-bond acceptors (Lipinski definition) is 3. The number of esters is 1. The van der Waals surface area contributed by atoms with Crippen LogP contribution in [0.4, 0.5) is 0 Å². The van der Waals surface area contributed by atoms with Crippen molar-refractivity contribution in [3.8, 4) is 0 Å².